The number of carboxylic acid groups (broad SMARTS) is 1. The standard InChI is InChI=1S/C6H5O6/c7-3-11-4-12-6(10)2-1-5(8)9/h1-2H,4H2,(H,8,9)/b2-1+. The summed E-state index contributed by atoms with van der Waals surface area (Å²) in [5.41, 5.74) is 0. The molecule has 0 fully saturated rings. The number of rotatable bonds is 5. The van der Waals surface area contributed by atoms with Gasteiger partial charge in [0.25, 0.3) is 0 Å². The van der Waals surface area contributed by atoms with Gasteiger partial charge in [0.1, 0.15) is 0 Å². The maximum absolute atomic E-state index is 10.4. The number of carbonyl (C=O) groups excluding carboxylic acids is 2. The largest absolute Gasteiger partial charge is 0.478 e. The first-order valence-corrected chi connectivity index (χ1v) is 2.73. The quantitative estimate of drug-likeness (QED) is 0.253. The average Bonchev–Trinajstić information content (AvgIpc) is 2.01. The SMILES string of the molecule is O=[C]OCOC(=O)/C=C/C(=O)O. The van der Waals surface area contributed by atoms with E-state index in [0.717, 1.165) is 6.47 Å². The monoisotopic (exact) mass is 173 g/mol. The molecule has 0 rings (SSSR count). The molecule has 0 aromatic heterocycles. The van der Waals surface area contributed by atoms with Crippen LogP contribution in [0, 0.1) is 0 Å². The summed E-state index contributed by atoms with van der Waals surface area (Å²) < 4.78 is 8.04. The minimum absolute atomic E-state index is 0.577. The average molecular weight is 173 g/mol. The molecular weight excluding hydrogens is 168 g/mol. The Balaban J connectivity index is 3.59. The number of carboxylic acids is 1. The van der Waals surface area contributed by atoms with Gasteiger partial charge in [0, 0.05) is 12.2 Å². The van der Waals surface area contributed by atoms with Crippen molar-refractivity contribution in [1.82, 2.24) is 0 Å². The molecule has 0 saturated carbocycles. The summed E-state index contributed by atoms with van der Waals surface area (Å²) >= 11 is 0. The van der Waals surface area contributed by atoms with E-state index in [1.807, 2.05) is 0 Å². The van der Waals surface area contributed by atoms with Gasteiger partial charge >= 0.3 is 18.4 Å². The predicted molar refractivity (Wildman–Crippen MR) is 34.5 cm³/mol. The Kier molecular flexibility index (Phi) is 4.99. The second-order valence-corrected chi connectivity index (χ2v) is 1.48. The lowest BCUT2D eigenvalue weighted by Crippen LogP contribution is -2.05. The van der Waals surface area contributed by atoms with E-state index in [0.29, 0.717) is 12.2 Å². The van der Waals surface area contributed by atoms with Crippen molar-refractivity contribution in [2.45, 2.75) is 0 Å². The lowest BCUT2D eigenvalue weighted by atomic mass is 10.5. The second kappa shape index (κ2) is 5.90. The van der Waals surface area contributed by atoms with Gasteiger partial charge in [-0.05, 0) is 0 Å². The van der Waals surface area contributed by atoms with Crippen molar-refractivity contribution in [3.8, 4) is 0 Å². The van der Waals surface area contributed by atoms with Gasteiger partial charge in [-0.2, -0.15) is 0 Å². The normalized spacial score (nSPS) is 9.33. The molecule has 6 nitrogen and oxygen atoms in total. The highest BCUT2D eigenvalue weighted by molar-refractivity contribution is 5.90. The van der Waals surface area contributed by atoms with Crippen molar-refractivity contribution in [2.75, 3.05) is 6.79 Å². The Morgan fingerprint density at radius 1 is 1.42 bits per heavy atom. The molecule has 1 radical (unpaired) electrons. The summed E-state index contributed by atoms with van der Waals surface area (Å²) in [6.07, 6.45) is 1.30. The maximum Gasteiger partial charge on any atom is 0.420 e. The molecule has 0 aliphatic heterocycles. The van der Waals surface area contributed by atoms with E-state index in [2.05, 4.69) is 9.47 Å². The molecule has 0 amide bonds. The van der Waals surface area contributed by atoms with Crippen LogP contribution in [0.5, 0.6) is 0 Å². The summed E-state index contributed by atoms with van der Waals surface area (Å²) in [5.74, 6) is -2.18. The Hall–Kier alpha value is -1.85. The van der Waals surface area contributed by atoms with Gasteiger partial charge in [-0.15, -0.1) is 0 Å². The summed E-state index contributed by atoms with van der Waals surface area (Å²) in [6, 6.07) is 0. The third kappa shape index (κ3) is 6.27. The summed E-state index contributed by atoms with van der Waals surface area (Å²) in [5, 5.41) is 8.05. The Morgan fingerprint density at radius 2 is 2.08 bits per heavy atom. The topological polar surface area (TPSA) is 89.9 Å². The molecule has 6 heteroatoms. The number of aliphatic carboxylic acids is 1. The molecule has 65 valence electrons. The van der Waals surface area contributed by atoms with Crippen LogP contribution in [0.25, 0.3) is 0 Å². The molecule has 0 aromatic rings. The van der Waals surface area contributed by atoms with Crippen molar-refractivity contribution in [3.63, 3.8) is 0 Å². The van der Waals surface area contributed by atoms with Crippen molar-refractivity contribution >= 4 is 18.4 Å². The number of ether oxygens (including phenoxy) is 2. The molecule has 0 unspecified atom stereocenters. The third-order valence-electron chi connectivity index (χ3n) is 0.681. The molecule has 1 N–H and O–H groups in total. The fourth-order valence-electron chi connectivity index (χ4n) is 0.299. The van der Waals surface area contributed by atoms with Gasteiger partial charge in [0.2, 0.25) is 6.79 Å². The Morgan fingerprint density at radius 3 is 2.58 bits per heavy atom. The number of esters is 1. The van der Waals surface area contributed by atoms with E-state index in [-0.39, 0.29) is 0 Å². The molecule has 0 atom stereocenters. The van der Waals surface area contributed by atoms with Gasteiger partial charge in [-0.1, -0.05) is 0 Å². The van der Waals surface area contributed by atoms with Crippen molar-refractivity contribution < 1.29 is 29.0 Å². The van der Waals surface area contributed by atoms with Gasteiger partial charge in [0.05, 0.1) is 0 Å². The second-order valence-electron chi connectivity index (χ2n) is 1.48. The lowest BCUT2D eigenvalue weighted by Gasteiger charge is -1.96. The van der Waals surface area contributed by atoms with Crippen LogP contribution in [0.1, 0.15) is 0 Å². The van der Waals surface area contributed by atoms with Crippen molar-refractivity contribution in [3.05, 3.63) is 12.2 Å². The first kappa shape index (κ1) is 10.2. The fourth-order valence-corrected chi connectivity index (χ4v) is 0.299. The molecule has 12 heavy (non-hydrogen) atoms. The van der Waals surface area contributed by atoms with Crippen LogP contribution in [0.4, 0.5) is 0 Å². The lowest BCUT2D eigenvalue weighted by molar-refractivity contribution is -0.145. The minimum Gasteiger partial charge on any atom is -0.478 e. The van der Waals surface area contributed by atoms with Crippen LogP contribution < -0.4 is 0 Å². The van der Waals surface area contributed by atoms with Gasteiger partial charge < -0.3 is 14.6 Å². The maximum atomic E-state index is 10.4. The van der Waals surface area contributed by atoms with Crippen LogP contribution in [0.15, 0.2) is 12.2 Å². The van der Waals surface area contributed by atoms with Crippen LogP contribution in [-0.2, 0) is 23.9 Å². The highest BCUT2D eigenvalue weighted by Gasteiger charge is 1.97. The van der Waals surface area contributed by atoms with Gasteiger partial charge in [-0.25, -0.2) is 14.4 Å². The molecule has 0 aliphatic rings. The third-order valence-corrected chi connectivity index (χ3v) is 0.681. The van der Waals surface area contributed by atoms with E-state index < -0.39 is 18.7 Å². The van der Waals surface area contributed by atoms with Crippen LogP contribution in [0.3, 0.4) is 0 Å². The molecule has 0 heterocycles. The molecule has 0 bridgehead atoms. The smallest absolute Gasteiger partial charge is 0.420 e. The zero-order chi connectivity index (χ0) is 9.40. The van der Waals surface area contributed by atoms with Crippen LogP contribution in [-0.4, -0.2) is 30.3 Å². The van der Waals surface area contributed by atoms with Crippen LogP contribution >= 0.6 is 0 Å². The number of hydrogen-bond acceptors (Lipinski definition) is 5. The molecule has 0 saturated heterocycles. The summed E-state index contributed by atoms with van der Waals surface area (Å²) in [6.45, 7) is 0.443. The highest BCUT2D eigenvalue weighted by Crippen LogP contribution is 1.81. The molecule has 0 spiro atoms. The van der Waals surface area contributed by atoms with E-state index in [1.165, 1.54) is 0 Å². The number of carbonyl (C=O) groups is 2. The van der Waals surface area contributed by atoms with E-state index in [1.54, 1.807) is 0 Å². The summed E-state index contributed by atoms with van der Waals surface area (Å²) in [4.78, 5) is 29.7. The molecule has 0 aromatic carbocycles. The van der Waals surface area contributed by atoms with Gasteiger partial charge in [0.15, 0.2) is 0 Å². The van der Waals surface area contributed by atoms with E-state index in [4.69, 9.17) is 5.11 Å². The molecule has 0 aliphatic carbocycles. The zero-order valence-corrected chi connectivity index (χ0v) is 5.85. The fraction of sp³-hybridized carbons (Fsp3) is 0.167. The van der Waals surface area contributed by atoms with E-state index in [9.17, 15) is 14.4 Å². The Labute approximate surface area is 67.4 Å². The van der Waals surface area contributed by atoms with Crippen molar-refractivity contribution in [1.29, 1.82) is 0 Å². The van der Waals surface area contributed by atoms with E-state index >= 15 is 0 Å². The van der Waals surface area contributed by atoms with Crippen molar-refractivity contribution in [2.24, 2.45) is 0 Å². The van der Waals surface area contributed by atoms with Crippen LogP contribution in [0.2, 0.25) is 0 Å². The molecular formula is C6H5O6. The first-order chi connectivity index (χ1) is 5.66. The highest BCUT2D eigenvalue weighted by atomic mass is 16.7. The Bertz CT molecular complexity index is 206. The van der Waals surface area contributed by atoms with Gasteiger partial charge in [-0.3, -0.25) is 0 Å². The number of hydrogen-bond donors (Lipinski definition) is 1. The summed E-state index contributed by atoms with van der Waals surface area (Å²) in [7, 11) is 0. The zero-order valence-electron chi connectivity index (χ0n) is 5.85. The first-order valence-electron chi connectivity index (χ1n) is 2.73. The minimum atomic E-state index is -1.27. The predicted octanol–water partition coefficient (Wildman–Crippen LogP) is -0.788.